The van der Waals surface area contributed by atoms with Crippen molar-refractivity contribution in [3.8, 4) is 23.0 Å². The number of hydrogen-bond donors (Lipinski definition) is 2. The van der Waals surface area contributed by atoms with E-state index in [9.17, 15) is 48.1 Å². The first-order valence-corrected chi connectivity index (χ1v) is 12.2. The van der Waals surface area contributed by atoms with Gasteiger partial charge >= 0.3 is 29.4 Å². The van der Waals surface area contributed by atoms with Gasteiger partial charge in [-0.15, -0.1) is 0 Å². The average Bonchev–Trinajstić information content (AvgIpc) is 2.96. The van der Waals surface area contributed by atoms with Crippen molar-refractivity contribution in [2.24, 2.45) is 0 Å². The Morgan fingerprint density at radius 2 is 1.51 bits per heavy atom. The van der Waals surface area contributed by atoms with Crippen LogP contribution in [0.4, 0.5) is 24.5 Å². The highest BCUT2D eigenvalue weighted by molar-refractivity contribution is 5.87. The number of nitro groups is 2. The minimum Gasteiger partial charge on any atom is -0.508 e. The highest BCUT2D eigenvalue weighted by atomic mass is 19.4. The van der Waals surface area contributed by atoms with E-state index in [-0.39, 0.29) is 17.1 Å². The van der Waals surface area contributed by atoms with Crippen molar-refractivity contribution >= 4 is 23.3 Å². The Morgan fingerprint density at radius 3 is 2.00 bits per heavy atom. The molecule has 0 aliphatic rings. The zero-order valence-electron chi connectivity index (χ0n) is 22.7. The summed E-state index contributed by atoms with van der Waals surface area (Å²) in [6.45, 7) is 1.76. The maximum absolute atomic E-state index is 12.8. The molecule has 0 aromatic heterocycles. The van der Waals surface area contributed by atoms with Crippen molar-refractivity contribution in [1.29, 1.82) is 0 Å². The first-order valence-electron chi connectivity index (χ1n) is 12.2. The number of nitrogens with one attached hydrogen (secondary N) is 1. The molecular weight excluding hydrogens is 583 g/mol. The minimum absolute atomic E-state index is 0.114. The average molecular weight is 607 g/mol. The minimum atomic E-state index is -5.37. The maximum atomic E-state index is 12.8. The van der Waals surface area contributed by atoms with Crippen molar-refractivity contribution in [2.45, 2.75) is 31.5 Å². The zero-order valence-corrected chi connectivity index (χ0v) is 22.7. The highest BCUT2D eigenvalue weighted by Gasteiger charge is 2.41. The number of nitro benzene ring substituents is 2. The van der Waals surface area contributed by atoms with E-state index >= 15 is 0 Å². The molecule has 13 nitrogen and oxygen atoms in total. The number of phenolic OH excluding ortho intramolecular Hbond substituents is 1. The number of amides is 1. The summed E-state index contributed by atoms with van der Waals surface area (Å²) in [5, 5.41) is 35.8. The zero-order chi connectivity index (χ0) is 32.1. The molecule has 1 amide bonds. The summed E-state index contributed by atoms with van der Waals surface area (Å²) in [4.78, 5) is 45.3. The number of hydrogen-bond acceptors (Lipinski definition) is 10. The summed E-state index contributed by atoms with van der Waals surface area (Å²) >= 11 is 0. The molecule has 1 unspecified atom stereocenters. The quantitative estimate of drug-likeness (QED) is 0.172. The summed E-state index contributed by atoms with van der Waals surface area (Å²) in [6.07, 6.45) is -6.19. The molecule has 0 saturated heterocycles. The molecule has 228 valence electrons. The van der Waals surface area contributed by atoms with Gasteiger partial charge in [-0.05, 0) is 41.5 Å². The third kappa shape index (κ3) is 7.66. The first-order chi connectivity index (χ1) is 20.2. The lowest BCUT2D eigenvalue weighted by Crippen LogP contribution is -2.48. The van der Waals surface area contributed by atoms with Gasteiger partial charge in [0.1, 0.15) is 23.3 Å². The van der Waals surface area contributed by atoms with Crippen LogP contribution in [0.3, 0.4) is 0 Å². The van der Waals surface area contributed by atoms with Crippen LogP contribution in [0.15, 0.2) is 54.6 Å². The van der Waals surface area contributed by atoms with E-state index in [4.69, 9.17) is 9.47 Å². The lowest BCUT2D eigenvalue weighted by Gasteiger charge is -2.18. The molecule has 0 radical (unpaired) electrons. The number of ether oxygens (including phenoxy) is 3. The van der Waals surface area contributed by atoms with Crippen LogP contribution in [-0.4, -0.2) is 53.3 Å². The van der Waals surface area contributed by atoms with Crippen LogP contribution in [0, 0.1) is 20.2 Å². The number of esters is 1. The molecule has 2 N–H and O–H groups in total. The second-order valence-corrected chi connectivity index (χ2v) is 9.05. The molecule has 2 atom stereocenters. The van der Waals surface area contributed by atoms with E-state index in [1.54, 1.807) is 31.2 Å². The second-order valence-electron chi connectivity index (χ2n) is 9.05. The van der Waals surface area contributed by atoms with Crippen molar-refractivity contribution in [2.75, 3.05) is 14.2 Å². The van der Waals surface area contributed by atoms with Crippen LogP contribution >= 0.6 is 0 Å². The summed E-state index contributed by atoms with van der Waals surface area (Å²) < 4.78 is 53.4. The van der Waals surface area contributed by atoms with E-state index in [0.717, 1.165) is 24.8 Å². The predicted molar refractivity (Wildman–Crippen MR) is 142 cm³/mol. The summed E-state index contributed by atoms with van der Waals surface area (Å²) in [5.41, 5.74) is -1.16. The van der Waals surface area contributed by atoms with Crippen LogP contribution < -0.4 is 14.8 Å². The molecule has 0 heterocycles. The molecule has 0 spiro atoms. The Hall–Kier alpha value is -5.41. The maximum Gasteiger partial charge on any atom is 0.471 e. The van der Waals surface area contributed by atoms with Crippen LogP contribution in [0.25, 0.3) is 0 Å². The normalized spacial score (nSPS) is 12.5. The fourth-order valence-corrected chi connectivity index (χ4v) is 4.09. The van der Waals surface area contributed by atoms with E-state index in [1.807, 2.05) is 0 Å². The van der Waals surface area contributed by atoms with Gasteiger partial charge in [0, 0.05) is 30.0 Å². The number of carbonyl (C=O) groups is 2. The van der Waals surface area contributed by atoms with Gasteiger partial charge in [0.2, 0.25) is 0 Å². The SMILES string of the molecule is COC(=O)[C@H](Cc1cc([N+](=O)[O-])c(Oc2ccc(O)c(C(C)c3ccc(OC)cc3)c2)c([N+](=O)[O-])c1)NC(=O)C(F)(F)F. The Morgan fingerprint density at radius 1 is 0.953 bits per heavy atom. The first kappa shape index (κ1) is 32.1. The molecular formula is C27H24F3N3O10. The number of aromatic hydroxyl groups is 1. The number of halogens is 3. The topological polar surface area (TPSA) is 180 Å². The Kier molecular flexibility index (Phi) is 9.75. The van der Waals surface area contributed by atoms with E-state index in [0.29, 0.717) is 11.3 Å². The van der Waals surface area contributed by atoms with Gasteiger partial charge in [0.05, 0.1) is 24.1 Å². The molecule has 3 rings (SSSR count). The summed E-state index contributed by atoms with van der Waals surface area (Å²) in [7, 11) is 2.33. The van der Waals surface area contributed by atoms with Gasteiger partial charge in [0.15, 0.2) is 0 Å². The molecule has 0 aliphatic heterocycles. The lowest BCUT2D eigenvalue weighted by molar-refractivity contribution is -0.395. The third-order valence-corrected chi connectivity index (χ3v) is 6.29. The van der Waals surface area contributed by atoms with Crippen molar-refractivity contribution in [3.05, 3.63) is 91.5 Å². The smallest absolute Gasteiger partial charge is 0.471 e. The van der Waals surface area contributed by atoms with Gasteiger partial charge in [-0.3, -0.25) is 25.0 Å². The van der Waals surface area contributed by atoms with Gasteiger partial charge in [-0.25, -0.2) is 4.79 Å². The number of benzene rings is 3. The fraction of sp³-hybridized carbons (Fsp3) is 0.259. The number of methoxy groups -OCH3 is 2. The molecule has 3 aromatic rings. The standard InChI is InChI=1S/C27H24F3N3O10/c1-14(16-4-6-17(41-2)7-5-16)19-13-18(8-9-23(19)34)43-24-21(32(37)38)11-15(12-22(24)33(39)40)10-20(25(35)42-3)31-26(36)27(28,29)30/h4-9,11-14,20,34H,10H2,1-3H3,(H,31,36)/t14?,20-/m0/s1. The number of phenols is 1. The van der Waals surface area contributed by atoms with Crippen LogP contribution in [0.1, 0.15) is 29.5 Å². The largest absolute Gasteiger partial charge is 0.508 e. The molecule has 43 heavy (non-hydrogen) atoms. The van der Waals surface area contributed by atoms with Crippen molar-refractivity contribution in [3.63, 3.8) is 0 Å². The predicted octanol–water partition coefficient (Wildman–Crippen LogP) is 4.92. The van der Waals surface area contributed by atoms with Gasteiger partial charge in [0.25, 0.3) is 5.75 Å². The summed E-state index contributed by atoms with van der Waals surface area (Å²) in [6, 6.07) is 10.3. The number of alkyl halides is 3. The third-order valence-electron chi connectivity index (χ3n) is 6.29. The Balaban J connectivity index is 2.03. The fourth-order valence-electron chi connectivity index (χ4n) is 4.09. The summed E-state index contributed by atoms with van der Waals surface area (Å²) in [5.74, 6) is -4.72. The van der Waals surface area contributed by atoms with E-state index < -0.39 is 63.4 Å². The van der Waals surface area contributed by atoms with Crippen LogP contribution in [0.5, 0.6) is 23.0 Å². The van der Waals surface area contributed by atoms with Crippen molar-refractivity contribution < 1.29 is 51.9 Å². The van der Waals surface area contributed by atoms with Crippen LogP contribution in [-0.2, 0) is 20.7 Å². The molecule has 0 fully saturated rings. The molecule has 16 heteroatoms. The van der Waals surface area contributed by atoms with E-state index in [2.05, 4.69) is 4.74 Å². The highest BCUT2D eigenvalue weighted by Crippen LogP contribution is 2.43. The second kappa shape index (κ2) is 13.1. The Bertz CT molecular complexity index is 1510. The molecule has 3 aromatic carbocycles. The number of rotatable bonds is 11. The monoisotopic (exact) mass is 607 g/mol. The Labute approximate surface area is 241 Å². The number of carbonyl (C=O) groups excluding carboxylic acids is 2. The van der Waals surface area contributed by atoms with Gasteiger partial charge in [-0.2, -0.15) is 13.2 Å². The molecule has 0 aliphatic carbocycles. The van der Waals surface area contributed by atoms with Crippen LogP contribution in [0.2, 0.25) is 0 Å². The lowest BCUT2D eigenvalue weighted by atomic mass is 9.92. The number of nitrogens with zero attached hydrogens (tertiary/aromatic N) is 2. The van der Waals surface area contributed by atoms with Crippen molar-refractivity contribution in [1.82, 2.24) is 5.32 Å². The van der Waals surface area contributed by atoms with E-state index in [1.165, 1.54) is 30.6 Å². The van der Waals surface area contributed by atoms with Gasteiger partial charge < -0.3 is 24.6 Å². The molecule has 0 saturated carbocycles. The van der Waals surface area contributed by atoms with Gasteiger partial charge in [-0.1, -0.05) is 19.1 Å². The molecule has 0 bridgehead atoms.